The fraction of sp³-hybridized carbons (Fsp3) is 0.611. The Labute approximate surface area is 129 Å². The molecule has 0 spiro atoms. The lowest BCUT2D eigenvalue weighted by Gasteiger charge is -2.18. The predicted octanol–water partition coefficient (Wildman–Crippen LogP) is 4.33. The maximum atomic E-state index is 11.5. The van der Waals surface area contributed by atoms with E-state index in [1.54, 1.807) is 19.9 Å². The molecular formula is C18H30O3. The molecule has 0 radical (unpaired) electrons. The second-order valence-electron chi connectivity index (χ2n) is 5.98. The van der Waals surface area contributed by atoms with Gasteiger partial charge in [-0.05, 0) is 46.6 Å². The Balaban J connectivity index is 4.58. The van der Waals surface area contributed by atoms with Crippen LogP contribution in [0.5, 0.6) is 0 Å². The molecule has 0 saturated heterocycles. The third kappa shape index (κ3) is 10.1. The minimum absolute atomic E-state index is 0.181. The molecule has 120 valence electrons. The zero-order valence-corrected chi connectivity index (χ0v) is 14.1. The first-order valence-corrected chi connectivity index (χ1v) is 7.56. The van der Waals surface area contributed by atoms with Gasteiger partial charge in [0, 0.05) is 12.8 Å². The molecule has 0 heterocycles. The summed E-state index contributed by atoms with van der Waals surface area (Å²) in [6.07, 6.45) is 7.90. The summed E-state index contributed by atoms with van der Waals surface area (Å²) < 4.78 is 5.43. The van der Waals surface area contributed by atoms with Crippen molar-refractivity contribution < 1.29 is 14.6 Å². The molecule has 0 aliphatic heterocycles. The molecule has 3 nitrogen and oxygen atoms in total. The lowest BCUT2D eigenvalue weighted by atomic mass is 9.98. The van der Waals surface area contributed by atoms with Gasteiger partial charge in [-0.25, -0.2) is 0 Å². The number of rotatable bonds is 9. The van der Waals surface area contributed by atoms with Crippen molar-refractivity contribution in [1.82, 2.24) is 0 Å². The summed E-state index contributed by atoms with van der Waals surface area (Å²) in [5.41, 5.74) is 1.46. The zero-order valence-electron chi connectivity index (χ0n) is 14.1. The Bertz CT molecular complexity index is 399. The monoisotopic (exact) mass is 294 g/mol. The highest BCUT2D eigenvalue weighted by atomic mass is 16.5. The largest absolute Gasteiger partial charge is 0.458 e. The quantitative estimate of drug-likeness (QED) is 0.508. The van der Waals surface area contributed by atoms with E-state index < -0.39 is 5.60 Å². The van der Waals surface area contributed by atoms with Crippen molar-refractivity contribution in [2.45, 2.75) is 72.0 Å². The van der Waals surface area contributed by atoms with Gasteiger partial charge in [0.05, 0.1) is 5.60 Å². The summed E-state index contributed by atoms with van der Waals surface area (Å²) in [5, 5.41) is 9.86. The molecule has 0 amide bonds. The van der Waals surface area contributed by atoms with Crippen molar-refractivity contribution in [3.63, 3.8) is 0 Å². The van der Waals surface area contributed by atoms with Crippen LogP contribution in [0.25, 0.3) is 0 Å². The maximum Gasteiger partial charge on any atom is 0.306 e. The van der Waals surface area contributed by atoms with E-state index >= 15 is 0 Å². The lowest BCUT2D eigenvalue weighted by Crippen LogP contribution is -2.19. The molecule has 2 atom stereocenters. The van der Waals surface area contributed by atoms with Crippen molar-refractivity contribution in [3.05, 3.63) is 36.0 Å². The van der Waals surface area contributed by atoms with Crippen LogP contribution in [0.3, 0.4) is 0 Å². The van der Waals surface area contributed by atoms with Crippen LogP contribution in [0.4, 0.5) is 0 Å². The third-order valence-electron chi connectivity index (χ3n) is 3.20. The topological polar surface area (TPSA) is 46.5 Å². The smallest absolute Gasteiger partial charge is 0.306 e. The van der Waals surface area contributed by atoms with E-state index in [4.69, 9.17) is 4.74 Å². The molecule has 0 rings (SSSR count). The average molecular weight is 294 g/mol. The van der Waals surface area contributed by atoms with Crippen LogP contribution >= 0.6 is 0 Å². The molecule has 0 bridgehead atoms. The first-order chi connectivity index (χ1) is 9.70. The molecular weight excluding hydrogens is 264 g/mol. The van der Waals surface area contributed by atoms with E-state index in [0.717, 1.165) is 17.6 Å². The van der Waals surface area contributed by atoms with Crippen molar-refractivity contribution in [2.24, 2.45) is 0 Å². The summed E-state index contributed by atoms with van der Waals surface area (Å²) in [7, 11) is 0. The number of aliphatic hydroxyl groups is 1. The van der Waals surface area contributed by atoms with Gasteiger partial charge in [0.15, 0.2) is 0 Å². The molecule has 0 unspecified atom stereocenters. The first-order valence-electron chi connectivity index (χ1n) is 7.56. The number of carbonyl (C=O) groups is 1. The Morgan fingerprint density at radius 1 is 1.38 bits per heavy atom. The highest BCUT2D eigenvalue weighted by molar-refractivity contribution is 5.69. The first kappa shape index (κ1) is 19.7. The van der Waals surface area contributed by atoms with Crippen LogP contribution in [0, 0.1) is 0 Å². The van der Waals surface area contributed by atoms with Crippen molar-refractivity contribution in [1.29, 1.82) is 0 Å². The van der Waals surface area contributed by atoms with Gasteiger partial charge in [0.2, 0.25) is 0 Å². The lowest BCUT2D eigenvalue weighted by molar-refractivity contribution is -0.146. The summed E-state index contributed by atoms with van der Waals surface area (Å²) in [6.45, 7) is 13.2. The highest BCUT2D eigenvalue weighted by Gasteiger charge is 2.14. The molecule has 3 heteroatoms. The molecule has 0 aromatic carbocycles. The molecule has 21 heavy (non-hydrogen) atoms. The second-order valence-corrected chi connectivity index (χ2v) is 5.98. The van der Waals surface area contributed by atoms with E-state index in [9.17, 15) is 9.90 Å². The number of hydrogen-bond donors (Lipinski definition) is 1. The van der Waals surface area contributed by atoms with Crippen LogP contribution in [-0.4, -0.2) is 22.8 Å². The van der Waals surface area contributed by atoms with Gasteiger partial charge in [0.1, 0.15) is 6.10 Å². The van der Waals surface area contributed by atoms with Crippen LogP contribution in [0.1, 0.15) is 60.3 Å². The highest BCUT2D eigenvalue weighted by Crippen LogP contribution is 2.17. The molecule has 0 fully saturated rings. The molecule has 0 aliphatic rings. The fourth-order valence-electron chi connectivity index (χ4n) is 1.87. The Hall–Kier alpha value is -1.35. The summed E-state index contributed by atoms with van der Waals surface area (Å²) in [5.74, 6) is -0.181. The summed E-state index contributed by atoms with van der Waals surface area (Å²) >= 11 is 0. The number of hydrogen-bond acceptors (Lipinski definition) is 3. The number of ether oxygens (including phenoxy) is 1. The third-order valence-corrected chi connectivity index (χ3v) is 3.20. The SMILES string of the molecule is C=C[C@@](C)(O)CC/C=C(\C)C[C@@H](C=C(C)C)OC(=O)CC. The van der Waals surface area contributed by atoms with Crippen LogP contribution in [0.2, 0.25) is 0 Å². The van der Waals surface area contributed by atoms with E-state index in [2.05, 4.69) is 12.7 Å². The van der Waals surface area contributed by atoms with Crippen LogP contribution in [0.15, 0.2) is 36.0 Å². The fourth-order valence-corrected chi connectivity index (χ4v) is 1.87. The summed E-state index contributed by atoms with van der Waals surface area (Å²) in [6, 6.07) is 0. The number of carbonyl (C=O) groups excluding carboxylic acids is 1. The van der Waals surface area contributed by atoms with Gasteiger partial charge in [0.25, 0.3) is 0 Å². The minimum atomic E-state index is -0.829. The van der Waals surface area contributed by atoms with E-state index in [1.807, 2.05) is 26.8 Å². The van der Waals surface area contributed by atoms with Gasteiger partial charge >= 0.3 is 5.97 Å². The van der Waals surface area contributed by atoms with Gasteiger partial charge in [-0.1, -0.05) is 30.2 Å². The standard InChI is InChI=1S/C18H30O3/c1-7-17(19)21-16(12-14(3)4)13-15(5)10-9-11-18(6,20)8-2/h8,10,12,16,20H,2,7,9,11,13H2,1,3-6H3/b15-10+/t16-,18-/m1/s1. The van der Waals surface area contributed by atoms with Gasteiger partial charge < -0.3 is 9.84 Å². The number of allylic oxidation sites excluding steroid dienone is 2. The van der Waals surface area contributed by atoms with Gasteiger partial charge in [-0.15, -0.1) is 6.58 Å². The summed E-state index contributed by atoms with van der Waals surface area (Å²) in [4.78, 5) is 11.5. The molecule has 1 N–H and O–H groups in total. The van der Waals surface area contributed by atoms with E-state index in [1.165, 1.54) is 0 Å². The Morgan fingerprint density at radius 2 is 2.00 bits per heavy atom. The normalized spacial score (nSPS) is 15.8. The predicted molar refractivity (Wildman–Crippen MR) is 88.0 cm³/mol. The zero-order chi connectivity index (χ0) is 16.5. The average Bonchev–Trinajstić information content (AvgIpc) is 2.37. The molecule has 0 saturated carbocycles. The maximum absolute atomic E-state index is 11.5. The van der Waals surface area contributed by atoms with Gasteiger partial charge in [-0.2, -0.15) is 0 Å². The number of esters is 1. The van der Waals surface area contributed by atoms with Crippen LogP contribution in [-0.2, 0) is 9.53 Å². The van der Waals surface area contributed by atoms with Crippen molar-refractivity contribution in [2.75, 3.05) is 0 Å². The van der Waals surface area contributed by atoms with E-state index in [-0.39, 0.29) is 12.1 Å². The Morgan fingerprint density at radius 3 is 2.48 bits per heavy atom. The second kappa shape index (κ2) is 9.56. The van der Waals surface area contributed by atoms with Crippen molar-refractivity contribution >= 4 is 5.97 Å². The van der Waals surface area contributed by atoms with Crippen molar-refractivity contribution in [3.8, 4) is 0 Å². The van der Waals surface area contributed by atoms with E-state index in [0.29, 0.717) is 19.3 Å². The van der Waals surface area contributed by atoms with Crippen LogP contribution < -0.4 is 0 Å². The Kier molecular flexibility index (Phi) is 8.95. The molecule has 0 aliphatic carbocycles. The van der Waals surface area contributed by atoms with Gasteiger partial charge in [-0.3, -0.25) is 4.79 Å². The molecule has 0 aromatic heterocycles. The minimum Gasteiger partial charge on any atom is -0.458 e. The molecule has 0 aromatic rings.